The Balaban J connectivity index is 3.44. The standard InChI is InChI=1S/C14H18O2/c1-6-12(15)14(16)13-10(4)8(2)7-9(3)11(13)5/h7H,6H2,1-5H3. The molecular formula is C14H18O2. The molecule has 0 heterocycles. The predicted molar refractivity (Wildman–Crippen MR) is 65.0 cm³/mol. The molecule has 0 bridgehead atoms. The molecule has 0 unspecified atom stereocenters. The van der Waals surface area contributed by atoms with Crippen molar-refractivity contribution < 1.29 is 9.59 Å². The maximum Gasteiger partial charge on any atom is 0.229 e. The first-order valence-electron chi connectivity index (χ1n) is 5.55. The van der Waals surface area contributed by atoms with Gasteiger partial charge in [0.1, 0.15) is 0 Å². The van der Waals surface area contributed by atoms with Crippen molar-refractivity contribution in [2.45, 2.75) is 41.0 Å². The molecule has 2 nitrogen and oxygen atoms in total. The van der Waals surface area contributed by atoms with Gasteiger partial charge in [-0.15, -0.1) is 0 Å². The third-order valence-electron chi connectivity index (χ3n) is 3.17. The van der Waals surface area contributed by atoms with Gasteiger partial charge in [-0.1, -0.05) is 13.0 Å². The molecule has 0 fully saturated rings. The summed E-state index contributed by atoms with van der Waals surface area (Å²) in [4.78, 5) is 23.5. The first-order valence-corrected chi connectivity index (χ1v) is 5.55. The number of hydrogen-bond acceptors (Lipinski definition) is 2. The van der Waals surface area contributed by atoms with Crippen molar-refractivity contribution in [3.05, 3.63) is 33.9 Å². The number of rotatable bonds is 3. The fourth-order valence-electron chi connectivity index (χ4n) is 1.86. The second-order valence-electron chi connectivity index (χ2n) is 4.24. The van der Waals surface area contributed by atoms with E-state index in [-0.39, 0.29) is 18.0 Å². The molecule has 0 amide bonds. The van der Waals surface area contributed by atoms with Crippen LogP contribution in [-0.4, -0.2) is 11.6 Å². The number of hydrogen-bond donors (Lipinski definition) is 0. The smallest absolute Gasteiger partial charge is 0.229 e. The summed E-state index contributed by atoms with van der Waals surface area (Å²) >= 11 is 0. The molecule has 16 heavy (non-hydrogen) atoms. The van der Waals surface area contributed by atoms with Crippen LogP contribution in [0.25, 0.3) is 0 Å². The molecule has 0 saturated carbocycles. The third-order valence-corrected chi connectivity index (χ3v) is 3.17. The van der Waals surface area contributed by atoms with E-state index in [0.29, 0.717) is 5.56 Å². The molecule has 0 aliphatic carbocycles. The number of carbonyl (C=O) groups is 2. The SMILES string of the molecule is CCC(=O)C(=O)c1c(C)c(C)cc(C)c1C. The van der Waals surface area contributed by atoms with E-state index in [1.54, 1.807) is 6.92 Å². The Morgan fingerprint density at radius 1 is 1.00 bits per heavy atom. The predicted octanol–water partition coefficient (Wildman–Crippen LogP) is 3.08. The van der Waals surface area contributed by atoms with Crippen molar-refractivity contribution >= 4 is 11.6 Å². The zero-order chi connectivity index (χ0) is 12.5. The molecule has 1 aromatic carbocycles. The van der Waals surface area contributed by atoms with Crippen LogP contribution in [0.15, 0.2) is 6.07 Å². The van der Waals surface area contributed by atoms with Crippen LogP contribution in [-0.2, 0) is 4.79 Å². The van der Waals surface area contributed by atoms with Crippen molar-refractivity contribution in [1.29, 1.82) is 0 Å². The summed E-state index contributed by atoms with van der Waals surface area (Å²) in [6.45, 7) is 9.45. The summed E-state index contributed by atoms with van der Waals surface area (Å²) in [6, 6.07) is 2.05. The summed E-state index contributed by atoms with van der Waals surface area (Å²) in [5.74, 6) is -0.652. The van der Waals surface area contributed by atoms with Crippen LogP contribution in [0.4, 0.5) is 0 Å². The second kappa shape index (κ2) is 4.60. The Morgan fingerprint density at radius 3 is 1.81 bits per heavy atom. The Bertz CT molecular complexity index is 430. The van der Waals surface area contributed by atoms with Gasteiger partial charge in [-0.2, -0.15) is 0 Å². The summed E-state index contributed by atoms with van der Waals surface area (Å²) in [6.07, 6.45) is 0.269. The van der Waals surface area contributed by atoms with Crippen LogP contribution in [0.5, 0.6) is 0 Å². The van der Waals surface area contributed by atoms with Crippen LogP contribution >= 0.6 is 0 Å². The third kappa shape index (κ3) is 2.06. The van der Waals surface area contributed by atoms with Crippen molar-refractivity contribution in [2.75, 3.05) is 0 Å². The molecule has 0 N–H and O–H groups in total. The number of ketones is 2. The fourth-order valence-corrected chi connectivity index (χ4v) is 1.86. The minimum atomic E-state index is -0.343. The van der Waals surface area contributed by atoms with Crippen LogP contribution in [0.2, 0.25) is 0 Å². The van der Waals surface area contributed by atoms with Gasteiger partial charge in [-0.25, -0.2) is 0 Å². The van der Waals surface area contributed by atoms with Crippen molar-refractivity contribution in [3.63, 3.8) is 0 Å². The van der Waals surface area contributed by atoms with Gasteiger partial charge in [0.15, 0.2) is 0 Å². The quantitative estimate of drug-likeness (QED) is 0.577. The molecule has 0 atom stereocenters. The van der Waals surface area contributed by atoms with E-state index >= 15 is 0 Å². The Kier molecular flexibility index (Phi) is 3.63. The van der Waals surface area contributed by atoms with Crippen LogP contribution < -0.4 is 0 Å². The van der Waals surface area contributed by atoms with Gasteiger partial charge in [0.05, 0.1) is 0 Å². The summed E-state index contributed by atoms with van der Waals surface area (Å²) in [5.41, 5.74) is 4.58. The summed E-state index contributed by atoms with van der Waals surface area (Å²) in [5, 5.41) is 0. The van der Waals surface area contributed by atoms with Gasteiger partial charge in [-0.05, 0) is 49.9 Å². The molecule has 86 valence electrons. The molecule has 2 heteroatoms. The monoisotopic (exact) mass is 218 g/mol. The highest BCUT2D eigenvalue weighted by molar-refractivity contribution is 6.44. The zero-order valence-corrected chi connectivity index (χ0v) is 10.6. The molecular weight excluding hydrogens is 200 g/mol. The van der Waals surface area contributed by atoms with Gasteiger partial charge < -0.3 is 0 Å². The van der Waals surface area contributed by atoms with Crippen LogP contribution in [0, 0.1) is 27.7 Å². The molecule has 0 aliphatic heterocycles. The van der Waals surface area contributed by atoms with E-state index in [1.807, 2.05) is 27.7 Å². The van der Waals surface area contributed by atoms with E-state index in [0.717, 1.165) is 22.3 Å². The lowest BCUT2D eigenvalue weighted by Crippen LogP contribution is -2.17. The normalized spacial score (nSPS) is 10.3. The lowest BCUT2D eigenvalue weighted by Gasteiger charge is -2.13. The largest absolute Gasteiger partial charge is 0.290 e. The minimum Gasteiger partial charge on any atom is -0.290 e. The lowest BCUT2D eigenvalue weighted by atomic mass is 9.90. The molecule has 0 aliphatic rings. The first kappa shape index (κ1) is 12.6. The average molecular weight is 218 g/mol. The van der Waals surface area contributed by atoms with Crippen LogP contribution in [0.3, 0.4) is 0 Å². The van der Waals surface area contributed by atoms with Crippen molar-refractivity contribution in [1.82, 2.24) is 0 Å². The minimum absolute atomic E-state index is 0.269. The average Bonchev–Trinajstić information content (AvgIpc) is 2.25. The first-order chi connectivity index (χ1) is 7.40. The lowest BCUT2D eigenvalue weighted by molar-refractivity contribution is -0.114. The van der Waals surface area contributed by atoms with Gasteiger partial charge in [0.25, 0.3) is 0 Å². The van der Waals surface area contributed by atoms with Gasteiger partial charge >= 0.3 is 0 Å². The van der Waals surface area contributed by atoms with E-state index in [9.17, 15) is 9.59 Å². The van der Waals surface area contributed by atoms with Gasteiger partial charge in [0, 0.05) is 12.0 Å². The molecule has 0 radical (unpaired) electrons. The van der Waals surface area contributed by atoms with E-state index in [2.05, 4.69) is 6.07 Å². The Labute approximate surface area is 96.7 Å². The summed E-state index contributed by atoms with van der Waals surface area (Å²) < 4.78 is 0. The molecule has 0 spiro atoms. The van der Waals surface area contributed by atoms with E-state index < -0.39 is 0 Å². The highest BCUT2D eigenvalue weighted by Crippen LogP contribution is 2.22. The number of carbonyl (C=O) groups excluding carboxylic acids is 2. The van der Waals surface area contributed by atoms with Crippen molar-refractivity contribution in [3.8, 4) is 0 Å². The summed E-state index contributed by atoms with van der Waals surface area (Å²) in [7, 11) is 0. The maximum atomic E-state index is 12.0. The van der Waals surface area contributed by atoms with Crippen molar-refractivity contribution in [2.24, 2.45) is 0 Å². The van der Waals surface area contributed by atoms with Crippen LogP contribution in [0.1, 0.15) is 46.0 Å². The fraction of sp³-hybridized carbons (Fsp3) is 0.429. The Morgan fingerprint density at radius 2 is 1.44 bits per heavy atom. The molecule has 0 saturated heterocycles. The molecule has 1 rings (SSSR count). The number of benzene rings is 1. The Hall–Kier alpha value is -1.44. The highest BCUT2D eigenvalue weighted by atomic mass is 16.2. The number of aryl methyl sites for hydroxylation is 2. The maximum absolute atomic E-state index is 12.0. The number of Topliss-reactive ketones (excluding diaryl/α,β-unsaturated/α-hetero) is 2. The highest BCUT2D eigenvalue weighted by Gasteiger charge is 2.20. The molecule has 1 aromatic rings. The second-order valence-corrected chi connectivity index (χ2v) is 4.24. The van der Waals surface area contributed by atoms with E-state index in [1.165, 1.54) is 0 Å². The zero-order valence-electron chi connectivity index (χ0n) is 10.6. The van der Waals surface area contributed by atoms with Gasteiger partial charge in [-0.3, -0.25) is 9.59 Å². The topological polar surface area (TPSA) is 34.1 Å². The van der Waals surface area contributed by atoms with E-state index in [4.69, 9.17) is 0 Å². The van der Waals surface area contributed by atoms with Gasteiger partial charge in [0.2, 0.25) is 11.6 Å². The molecule has 0 aromatic heterocycles.